The maximum absolute atomic E-state index is 11.6. The Bertz CT molecular complexity index is 220. The van der Waals surface area contributed by atoms with Crippen LogP contribution < -0.4 is 0 Å². The van der Waals surface area contributed by atoms with Gasteiger partial charge in [0.1, 0.15) is 5.78 Å². The first-order valence-electron chi connectivity index (χ1n) is 6.01. The van der Waals surface area contributed by atoms with E-state index in [0.29, 0.717) is 18.9 Å². The average Bonchev–Trinajstić information content (AvgIpc) is 2.21. The molecule has 1 saturated carbocycles. The summed E-state index contributed by atoms with van der Waals surface area (Å²) in [6.45, 7) is 1.68. The summed E-state index contributed by atoms with van der Waals surface area (Å²) in [5.74, 6) is 0.563. The van der Waals surface area contributed by atoms with E-state index in [-0.39, 0.29) is 5.92 Å². The first-order chi connectivity index (χ1) is 7.63. The summed E-state index contributed by atoms with van der Waals surface area (Å²) >= 11 is 0. The van der Waals surface area contributed by atoms with Gasteiger partial charge in [-0.25, -0.2) is 0 Å². The summed E-state index contributed by atoms with van der Waals surface area (Å²) in [7, 11) is 3.52. The molecule has 0 aliphatic heterocycles. The zero-order valence-electron chi connectivity index (χ0n) is 10.3. The van der Waals surface area contributed by atoms with Crippen LogP contribution in [-0.2, 0) is 9.53 Å². The number of ketones is 1. The normalized spacial score (nSPS) is 23.8. The topological polar surface area (TPSA) is 49.8 Å². The van der Waals surface area contributed by atoms with Gasteiger partial charge in [0.05, 0.1) is 12.7 Å². The molecule has 2 atom stereocenters. The predicted molar refractivity (Wildman–Crippen MR) is 62.3 cm³/mol. The van der Waals surface area contributed by atoms with Crippen molar-refractivity contribution in [2.75, 3.05) is 33.9 Å². The van der Waals surface area contributed by atoms with Crippen LogP contribution in [0.5, 0.6) is 0 Å². The van der Waals surface area contributed by atoms with Crippen LogP contribution in [0.25, 0.3) is 0 Å². The first kappa shape index (κ1) is 13.6. The van der Waals surface area contributed by atoms with Gasteiger partial charge in [0.15, 0.2) is 0 Å². The smallest absolute Gasteiger partial charge is 0.137 e. The largest absolute Gasteiger partial charge is 0.389 e. The van der Waals surface area contributed by atoms with E-state index in [4.69, 9.17) is 4.74 Å². The molecule has 1 aliphatic carbocycles. The van der Waals surface area contributed by atoms with E-state index < -0.39 is 6.10 Å². The number of ether oxygens (including phenoxy) is 1. The van der Waals surface area contributed by atoms with Crippen molar-refractivity contribution in [2.24, 2.45) is 5.92 Å². The Labute approximate surface area is 97.6 Å². The van der Waals surface area contributed by atoms with Crippen LogP contribution in [0.2, 0.25) is 0 Å². The molecule has 0 spiro atoms. The van der Waals surface area contributed by atoms with Crippen LogP contribution in [0.3, 0.4) is 0 Å². The van der Waals surface area contributed by atoms with Crippen molar-refractivity contribution in [3.8, 4) is 0 Å². The Morgan fingerprint density at radius 1 is 1.56 bits per heavy atom. The van der Waals surface area contributed by atoms with E-state index in [1.807, 2.05) is 11.9 Å². The molecule has 4 nitrogen and oxygen atoms in total. The summed E-state index contributed by atoms with van der Waals surface area (Å²) in [5.41, 5.74) is 0. The number of hydrogen-bond acceptors (Lipinski definition) is 4. The molecular formula is C12H23NO3. The number of likely N-dealkylation sites (N-methyl/N-ethyl adjacent to an activating group) is 1. The second kappa shape index (κ2) is 6.99. The van der Waals surface area contributed by atoms with Crippen LogP contribution in [0.15, 0.2) is 0 Å². The molecule has 1 aliphatic rings. The van der Waals surface area contributed by atoms with Gasteiger partial charge in [-0.15, -0.1) is 0 Å². The Morgan fingerprint density at radius 3 is 2.94 bits per heavy atom. The molecule has 4 heteroatoms. The lowest BCUT2D eigenvalue weighted by Crippen LogP contribution is -2.37. The standard InChI is InChI=1S/C12H23NO3/c1-13(8-11(14)9-16-2)7-10-5-3-4-6-12(10)15/h10-11,14H,3-9H2,1-2H3. The van der Waals surface area contributed by atoms with Gasteiger partial charge >= 0.3 is 0 Å². The number of Topliss-reactive ketones (excluding diaryl/α,β-unsaturated/α-hetero) is 1. The second-order valence-corrected chi connectivity index (χ2v) is 4.74. The zero-order chi connectivity index (χ0) is 12.0. The maximum Gasteiger partial charge on any atom is 0.137 e. The lowest BCUT2D eigenvalue weighted by Gasteiger charge is -2.27. The molecule has 94 valence electrons. The van der Waals surface area contributed by atoms with Gasteiger partial charge in [0.25, 0.3) is 0 Å². The number of nitrogens with zero attached hydrogens (tertiary/aromatic N) is 1. The van der Waals surface area contributed by atoms with Gasteiger partial charge in [-0.2, -0.15) is 0 Å². The summed E-state index contributed by atoms with van der Waals surface area (Å²) in [4.78, 5) is 13.7. The predicted octanol–water partition coefficient (Wildman–Crippen LogP) is 0.685. The number of carbonyl (C=O) groups excluding carboxylic acids is 1. The number of aliphatic hydroxyl groups is 1. The van der Waals surface area contributed by atoms with E-state index in [2.05, 4.69) is 0 Å². The summed E-state index contributed by atoms with van der Waals surface area (Å²) < 4.78 is 4.87. The van der Waals surface area contributed by atoms with E-state index in [0.717, 1.165) is 32.2 Å². The van der Waals surface area contributed by atoms with Crippen LogP contribution in [0, 0.1) is 5.92 Å². The van der Waals surface area contributed by atoms with Crippen molar-refractivity contribution in [3.05, 3.63) is 0 Å². The van der Waals surface area contributed by atoms with Gasteiger partial charge in [-0.1, -0.05) is 6.42 Å². The quantitative estimate of drug-likeness (QED) is 0.728. The fourth-order valence-electron chi connectivity index (χ4n) is 2.30. The highest BCUT2D eigenvalue weighted by molar-refractivity contribution is 5.81. The third-order valence-corrected chi connectivity index (χ3v) is 3.09. The Balaban J connectivity index is 2.26. The minimum atomic E-state index is -0.464. The molecule has 2 unspecified atom stereocenters. The van der Waals surface area contributed by atoms with Crippen molar-refractivity contribution < 1.29 is 14.6 Å². The van der Waals surface area contributed by atoms with Crippen molar-refractivity contribution >= 4 is 5.78 Å². The van der Waals surface area contributed by atoms with Gasteiger partial charge in [0.2, 0.25) is 0 Å². The van der Waals surface area contributed by atoms with Gasteiger partial charge < -0.3 is 14.7 Å². The maximum atomic E-state index is 11.6. The lowest BCUT2D eigenvalue weighted by molar-refractivity contribution is -0.125. The van der Waals surface area contributed by atoms with E-state index in [1.54, 1.807) is 7.11 Å². The highest BCUT2D eigenvalue weighted by Gasteiger charge is 2.23. The molecule has 1 rings (SSSR count). The molecule has 0 bridgehead atoms. The minimum absolute atomic E-state index is 0.175. The molecular weight excluding hydrogens is 206 g/mol. The molecule has 0 heterocycles. The van der Waals surface area contributed by atoms with Crippen molar-refractivity contribution in [1.82, 2.24) is 4.90 Å². The number of aliphatic hydroxyl groups excluding tert-OH is 1. The Kier molecular flexibility index (Phi) is 5.95. The minimum Gasteiger partial charge on any atom is -0.389 e. The van der Waals surface area contributed by atoms with Crippen molar-refractivity contribution in [1.29, 1.82) is 0 Å². The molecule has 1 N–H and O–H groups in total. The average molecular weight is 229 g/mol. The molecule has 0 aromatic rings. The fraction of sp³-hybridized carbons (Fsp3) is 0.917. The molecule has 16 heavy (non-hydrogen) atoms. The molecule has 0 radical (unpaired) electrons. The highest BCUT2D eigenvalue weighted by atomic mass is 16.5. The van der Waals surface area contributed by atoms with Crippen LogP contribution in [0.4, 0.5) is 0 Å². The van der Waals surface area contributed by atoms with Crippen molar-refractivity contribution in [2.45, 2.75) is 31.8 Å². The fourth-order valence-corrected chi connectivity index (χ4v) is 2.30. The summed E-state index contributed by atoms with van der Waals surface area (Å²) in [6.07, 6.45) is 3.48. The Morgan fingerprint density at radius 2 is 2.31 bits per heavy atom. The summed E-state index contributed by atoms with van der Waals surface area (Å²) in [6, 6.07) is 0. The molecule has 0 amide bonds. The third kappa shape index (κ3) is 4.60. The van der Waals surface area contributed by atoms with Crippen LogP contribution in [0.1, 0.15) is 25.7 Å². The number of rotatable bonds is 6. The second-order valence-electron chi connectivity index (χ2n) is 4.74. The Hall–Kier alpha value is -0.450. The molecule has 0 aromatic carbocycles. The number of methoxy groups -OCH3 is 1. The molecule has 0 saturated heterocycles. The number of hydrogen-bond donors (Lipinski definition) is 1. The van der Waals surface area contributed by atoms with E-state index in [9.17, 15) is 9.90 Å². The summed E-state index contributed by atoms with van der Waals surface area (Å²) in [5, 5.41) is 9.56. The number of carbonyl (C=O) groups is 1. The van der Waals surface area contributed by atoms with Gasteiger partial charge in [-0.05, 0) is 19.9 Å². The first-order valence-corrected chi connectivity index (χ1v) is 6.01. The lowest BCUT2D eigenvalue weighted by atomic mass is 9.87. The third-order valence-electron chi connectivity index (χ3n) is 3.09. The van der Waals surface area contributed by atoms with E-state index in [1.165, 1.54) is 0 Å². The van der Waals surface area contributed by atoms with Gasteiger partial charge in [0, 0.05) is 32.5 Å². The molecule has 0 aromatic heterocycles. The highest BCUT2D eigenvalue weighted by Crippen LogP contribution is 2.21. The van der Waals surface area contributed by atoms with Crippen LogP contribution in [-0.4, -0.2) is 55.7 Å². The SMILES string of the molecule is COCC(O)CN(C)CC1CCCCC1=O. The van der Waals surface area contributed by atoms with Crippen molar-refractivity contribution in [3.63, 3.8) is 0 Å². The zero-order valence-corrected chi connectivity index (χ0v) is 10.3. The van der Waals surface area contributed by atoms with E-state index >= 15 is 0 Å². The monoisotopic (exact) mass is 229 g/mol. The van der Waals surface area contributed by atoms with Crippen LogP contribution >= 0.6 is 0 Å². The molecule has 1 fully saturated rings. The van der Waals surface area contributed by atoms with Gasteiger partial charge in [-0.3, -0.25) is 4.79 Å².